The number of carbonyl (C=O) groups is 1. The predicted octanol–water partition coefficient (Wildman–Crippen LogP) is 3.27. The van der Waals surface area contributed by atoms with Gasteiger partial charge in [-0.2, -0.15) is 0 Å². The number of hydrogen-bond donors (Lipinski definition) is 2. The summed E-state index contributed by atoms with van der Waals surface area (Å²) in [5.41, 5.74) is 0.689. The van der Waals surface area contributed by atoms with Crippen LogP contribution >= 0.6 is 34.2 Å². The molecule has 1 aliphatic heterocycles. The van der Waals surface area contributed by atoms with E-state index in [1.165, 1.54) is 0 Å². The standard InChI is InChI=1S/C13H16ClIN2O/c1-8-4-5-16-12(6-8)13(18)17-11-7-9(15)2-3-10(11)14/h2-3,7-8,12,16H,4-6H2,1H3,(H,17,18). The molecule has 5 heteroatoms. The smallest absolute Gasteiger partial charge is 0.241 e. The van der Waals surface area contributed by atoms with Crippen LogP contribution in [0, 0.1) is 9.49 Å². The first kappa shape index (κ1) is 14.1. The zero-order valence-corrected chi connectivity index (χ0v) is 13.1. The molecule has 2 unspecified atom stereocenters. The van der Waals surface area contributed by atoms with Crippen molar-refractivity contribution in [3.63, 3.8) is 0 Å². The molecule has 0 spiro atoms. The van der Waals surface area contributed by atoms with Crippen molar-refractivity contribution in [2.45, 2.75) is 25.8 Å². The molecule has 2 rings (SSSR count). The van der Waals surface area contributed by atoms with Crippen LogP contribution in [0.2, 0.25) is 5.02 Å². The first-order valence-electron chi connectivity index (χ1n) is 6.05. The van der Waals surface area contributed by atoms with Crippen LogP contribution in [0.25, 0.3) is 0 Å². The molecule has 1 aromatic rings. The maximum absolute atomic E-state index is 12.1. The average Bonchev–Trinajstić information content (AvgIpc) is 2.34. The summed E-state index contributed by atoms with van der Waals surface area (Å²) < 4.78 is 1.05. The summed E-state index contributed by atoms with van der Waals surface area (Å²) in [6.07, 6.45) is 2.02. The number of nitrogens with one attached hydrogen (secondary N) is 2. The van der Waals surface area contributed by atoms with E-state index in [1.54, 1.807) is 6.07 Å². The van der Waals surface area contributed by atoms with Crippen LogP contribution in [0.15, 0.2) is 18.2 Å². The monoisotopic (exact) mass is 378 g/mol. The lowest BCUT2D eigenvalue weighted by Gasteiger charge is -2.27. The van der Waals surface area contributed by atoms with Crippen LogP contribution in [-0.4, -0.2) is 18.5 Å². The number of carbonyl (C=O) groups excluding carboxylic acids is 1. The number of piperidine rings is 1. The molecular formula is C13H16ClIN2O. The number of anilines is 1. The van der Waals surface area contributed by atoms with Crippen LogP contribution in [-0.2, 0) is 4.79 Å². The fourth-order valence-electron chi connectivity index (χ4n) is 2.12. The van der Waals surface area contributed by atoms with Gasteiger partial charge in [0, 0.05) is 3.57 Å². The second-order valence-corrected chi connectivity index (χ2v) is 6.40. The van der Waals surface area contributed by atoms with Gasteiger partial charge in [0.1, 0.15) is 0 Å². The topological polar surface area (TPSA) is 41.1 Å². The summed E-state index contributed by atoms with van der Waals surface area (Å²) in [6, 6.07) is 5.49. The van der Waals surface area contributed by atoms with Gasteiger partial charge >= 0.3 is 0 Å². The third kappa shape index (κ3) is 3.59. The molecule has 1 aromatic carbocycles. The van der Waals surface area contributed by atoms with Crippen LogP contribution in [0.3, 0.4) is 0 Å². The van der Waals surface area contributed by atoms with Crippen LogP contribution in [0.5, 0.6) is 0 Å². The van der Waals surface area contributed by atoms with E-state index in [2.05, 4.69) is 40.1 Å². The van der Waals surface area contributed by atoms with E-state index in [0.29, 0.717) is 16.6 Å². The Morgan fingerprint density at radius 1 is 1.56 bits per heavy atom. The first-order valence-corrected chi connectivity index (χ1v) is 7.51. The minimum atomic E-state index is -0.109. The van der Waals surface area contributed by atoms with Gasteiger partial charge in [0.25, 0.3) is 0 Å². The molecule has 1 fully saturated rings. The molecule has 1 amide bonds. The Morgan fingerprint density at radius 3 is 3.06 bits per heavy atom. The van der Waals surface area contributed by atoms with Gasteiger partial charge in [-0.05, 0) is 66.1 Å². The van der Waals surface area contributed by atoms with Gasteiger partial charge < -0.3 is 10.6 Å². The fraction of sp³-hybridized carbons (Fsp3) is 0.462. The molecule has 1 saturated heterocycles. The van der Waals surface area contributed by atoms with Crippen molar-refractivity contribution in [3.8, 4) is 0 Å². The highest BCUT2D eigenvalue weighted by atomic mass is 127. The average molecular weight is 379 g/mol. The van der Waals surface area contributed by atoms with Gasteiger partial charge in [-0.25, -0.2) is 0 Å². The van der Waals surface area contributed by atoms with Crippen molar-refractivity contribution < 1.29 is 4.79 Å². The van der Waals surface area contributed by atoms with E-state index < -0.39 is 0 Å². The summed E-state index contributed by atoms with van der Waals surface area (Å²) in [6.45, 7) is 3.08. The number of benzene rings is 1. The molecule has 98 valence electrons. The van der Waals surface area contributed by atoms with Crippen molar-refractivity contribution in [2.24, 2.45) is 5.92 Å². The van der Waals surface area contributed by atoms with Crippen molar-refractivity contribution in [2.75, 3.05) is 11.9 Å². The molecule has 0 bridgehead atoms. The lowest BCUT2D eigenvalue weighted by atomic mass is 9.94. The highest BCUT2D eigenvalue weighted by Gasteiger charge is 2.24. The highest BCUT2D eigenvalue weighted by molar-refractivity contribution is 14.1. The highest BCUT2D eigenvalue weighted by Crippen LogP contribution is 2.25. The summed E-state index contributed by atoms with van der Waals surface area (Å²) in [5.74, 6) is 0.596. The summed E-state index contributed by atoms with van der Waals surface area (Å²) >= 11 is 8.27. The van der Waals surface area contributed by atoms with Gasteiger partial charge in [-0.1, -0.05) is 18.5 Å². The number of rotatable bonds is 2. The fourth-order valence-corrected chi connectivity index (χ4v) is 2.78. The Bertz CT molecular complexity index is 453. The zero-order chi connectivity index (χ0) is 13.1. The lowest BCUT2D eigenvalue weighted by Crippen LogP contribution is -2.45. The van der Waals surface area contributed by atoms with Crippen LogP contribution in [0.4, 0.5) is 5.69 Å². The predicted molar refractivity (Wildman–Crippen MR) is 83.0 cm³/mol. The van der Waals surface area contributed by atoms with E-state index in [4.69, 9.17) is 11.6 Å². The number of amides is 1. The SMILES string of the molecule is CC1CCNC(C(=O)Nc2cc(I)ccc2Cl)C1. The maximum Gasteiger partial charge on any atom is 0.241 e. The van der Waals surface area contributed by atoms with E-state index in [-0.39, 0.29) is 11.9 Å². The van der Waals surface area contributed by atoms with Crippen molar-refractivity contribution in [1.82, 2.24) is 5.32 Å². The minimum absolute atomic E-state index is 0.00505. The number of hydrogen-bond acceptors (Lipinski definition) is 2. The molecule has 0 radical (unpaired) electrons. The van der Waals surface area contributed by atoms with E-state index in [9.17, 15) is 4.79 Å². The molecule has 1 aliphatic rings. The van der Waals surface area contributed by atoms with Crippen LogP contribution < -0.4 is 10.6 Å². The summed E-state index contributed by atoms with van der Waals surface area (Å²) in [5, 5.41) is 6.73. The first-order chi connectivity index (χ1) is 8.56. The quantitative estimate of drug-likeness (QED) is 0.776. The zero-order valence-electron chi connectivity index (χ0n) is 10.2. The summed E-state index contributed by atoms with van der Waals surface area (Å²) in [7, 11) is 0. The van der Waals surface area contributed by atoms with E-state index in [0.717, 1.165) is 23.0 Å². The Kier molecular flexibility index (Phi) is 4.86. The maximum atomic E-state index is 12.1. The van der Waals surface area contributed by atoms with Gasteiger partial charge in [0.2, 0.25) is 5.91 Å². The second kappa shape index (κ2) is 6.21. The molecule has 2 N–H and O–H groups in total. The third-order valence-electron chi connectivity index (χ3n) is 3.17. The molecular weight excluding hydrogens is 363 g/mol. The van der Waals surface area contributed by atoms with Crippen molar-refractivity contribution in [1.29, 1.82) is 0 Å². The Morgan fingerprint density at radius 2 is 2.33 bits per heavy atom. The van der Waals surface area contributed by atoms with Gasteiger partial charge in [-0.15, -0.1) is 0 Å². The Balaban J connectivity index is 2.04. The molecule has 1 heterocycles. The Labute approximate surface area is 126 Å². The van der Waals surface area contributed by atoms with Crippen molar-refractivity contribution >= 4 is 45.8 Å². The molecule has 0 saturated carbocycles. The van der Waals surface area contributed by atoms with E-state index >= 15 is 0 Å². The molecule has 0 aromatic heterocycles. The van der Waals surface area contributed by atoms with Gasteiger partial charge in [0.05, 0.1) is 16.8 Å². The summed E-state index contributed by atoms with van der Waals surface area (Å²) in [4.78, 5) is 12.1. The molecule has 18 heavy (non-hydrogen) atoms. The molecule has 0 aliphatic carbocycles. The normalized spacial score (nSPS) is 23.7. The molecule has 2 atom stereocenters. The van der Waals surface area contributed by atoms with Crippen LogP contribution in [0.1, 0.15) is 19.8 Å². The van der Waals surface area contributed by atoms with Crippen molar-refractivity contribution in [3.05, 3.63) is 26.8 Å². The van der Waals surface area contributed by atoms with Gasteiger partial charge in [0.15, 0.2) is 0 Å². The van der Waals surface area contributed by atoms with E-state index in [1.807, 2.05) is 12.1 Å². The third-order valence-corrected chi connectivity index (χ3v) is 4.17. The number of halogens is 2. The second-order valence-electron chi connectivity index (χ2n) is 4.75. The molecule has 3 nitrogen and oxygen atoms in total. The lowest BCUT2D eigenvalue weighted by molar-refractivity contribution is -0.119. The largest absolute Gasteiger partial charge is 0.323 e. The van der Waals surface area contributed by atoms with Gasteiger partial charge in [-0.3, -0.25) is 4.79 Å². The Hall–Kier alpha value is -0.330. The minimum Gasteiger partial charge on any atom is -0.323 e.